The summed E-state index contributed by atoms with van der Waals surface area (Å²) >= 11 is 0. The maximum Gasteiger partial charge on any atom is 0.121 e. The first-order chi connectivity index (χ1) is 9.15. The van der Waals surface area contributed by atoms with Crippen LogP contribution in [0.5, 0.6) is 5.75 Å². The lowest BCUT2D eigenvalue weighted by molar-refractivity contribution is 0.415. The smallest absolute Gasteiger partial charge is 0.121 e. The number of hydrogen-bond acceptors (Lipinski definition) is 4. The van der Waals surface area contributed by atoms with Crippen molar-refractivity contribution in [2.75, 3.05) is 18.2 Å². The van der Waals surface area contributed by atoms with Gasteiger partial charge in [-0.3, -0.25) is 0 Å². The fourth-order valence-electron chi connectivity index (χ4n) is 1.85. The van der Waals surface area contributed by atoms with E-state index in [2.05, 4.69) is 11.4 Å². The van der Waals surface area contributed by atoms with Gasteiger partial charge in [-0.2, -0.15) is 5.26 Å². The SMILES string of the molecule is COc1ccc(Nc2cccc(C)c2C#N)c(N)c1. The molecule has 0 fully saturated rings. The molecule has 0 radical (unpaired) electrons. The molecule has 0 spiro atoms. The van der Waals surface area contributed by atoms with Crippen molar-refractivity contribution in [2.45, 2.75) is 6.92 Å². The van der Waals surface area contributed by atoms with Crippen LogP contribution in [0.4, 0.5) is 17.1 Å². The molecule has 2 aromatic rings. The average molecular weight is 253 g/mol. The van der Waals surface area contributed by atoms with E-state index in [1.54, 1.807) is 13.2 Å². The molecule has 3 N–H and O–H groups in total. The van der Waals surface area contributed by atoms with E-state index in [1.807, 2.05) is 37.3 Å². The maximum atomic E-state index is 9.19. The number of aryl methyl sites for hydroxylation is 1. The second kappa shape index (κ2) is 5.32. The summed E-state index contributed by atoms with van der Waals surface area (Å²) in [5, 5.41) is 12.4. The highest BCUT2D eigenvalue weighted by Crippen LogP contribution is 2.29. The zero-order chi connectivity index (χ0) is 13.8. The van der Waals surface area contributed by atoms with Gasteiger partial charge in [-0.15, -0.1) is 0 Å². The lowest BCUT2D eigenvalue weighted by atomic mass is 10.1. The van der Waals surface area contributed by atoms with Gasteiger partial charge in [0, 0.05) is 6.07 Å². The van der Waals surface area contributed by atoms with Crippen LogP contribution in [0.3, 0.4) is 0 Å². The summed E-state index contributed by atoms with van der Waals surface area (Å²) in [5.74, 6) is 0.702. The summed E-state index contributed by atoms with van der Waals surface area (Å²) in [7, 11) is 1.59. The van der Waals surface area contributed by atoms with E-state index in [-0.39, 0.29) is 0 Å². The third kappa shape index (κ3) is 2.61. The van der Waals surface area contributed by atoms with Crippen LogP contribution in [-0.2, 0) is 0 Å². The molecular formula is C15H15N3O. The minimum atomic E-state index is 0.574. The molecule has 0 aliphatic heterocycles. The molecule has 0 saturated heterocycles. The predicted molar refractivity (Wildman–Crippen MR) is 76.6 cm³/mol. The third-order valence-electron chi connectivity index (χ3n) is 2.91. The molecule has 96 valence electrons. The van der Waals surface area contributed by atoms with Crippen LogP contribution in [0.1, 0.15) is 11.1 Å². The number of ether oxygens (including phenoxy) is 1. The van der Waals surface area contributed by atoms with Crippen molar-refractivity contribution in [1.82, 2.24) is 0 Å². The molecule has 0 saturated carbocycles. The standard InChI is InChI=1S/C15H15N3O/c1-10-4-3-5-14(12(10)9-16)18-15-7-6-11(19-2)8-13(15)17/h3-8,18H,17H2,1-2H3. The highest BCUT2D eigenvalue weighted by atomic mass is 16.5. The largest absolute Gasteiger partial charge is 0.497 e. The van der Waals surface area contributed by atoms with Gasteiger partial charge in [-0.05, 0) is 30.7 Å². The summed E-state index contributed by atoms with van der Waals surface area (Å²) in [6, 6.07) is 13.3. The minimum Gasteiger partial charge on any atom is -0.497 e. The van der Waals surface area contributed by atoms with Crippen LogP contribution < -0.4 is 15.8 Å². The number of nitrogens with two attached hydrogens (primary N) is 1. The lowest BCUT2D eigenvalue weighted by Gasteiger charge is -2.12. The first kappa shape index (κ1) is 12.8. The minimum absolute atomic E-state index is 0.574. The average Bonchev–Trinajstić information content (AvgIpc) is 2.41. The van der Waals surface area contributed by atoms with E-state index >= 15 is 0 Å². The predicted octanol–water partition coefficient (Wildman–Crippen LogP) is 3.20. The Balaban J connectivity index is 2.37. The summed E-state index contributed by atoms with van der Waals surface area (Å²) < 4.78 is 5.10. The normalized spacial score (nSPS) is 9.74. The summed E-state index contributed by atoms with van der Waals surface area (Å²) in [6.45, 7) is 1.90. The van der Waals surface area contributed by atoms with Crippen LogP contribution in [-0.4, -0.2) is 7.11 Å². The highest BCUT2D eigenvalue weighted by Gasteiger charge is 2.07. The second-order valence-electron chi connectivity index (χ2n) is 4.19. The van der Waals surface area contributed by atoms with E-state index in [1.165, 1.54) is 0 Å². The monoisotopic (exact) mass is 253 g/mol. The third-order valence-corrected chi connectivity index (χ3v) is 2.91. The van der Waals surface area contributed by atoms with Crippen LogP contribution in [0.15, 0.2) is 36.4 Å². The summed E-state index contributed by atoms with van der Waals surface area (Å²) in [4.78, 5) is 0. The number of nitriles is 1. The summed E-state index contributed by atoms with van der Waals surface area (Å²) in [6.07, 6.45) is 0. The Morgan fingerprint density at radius 2 is 2.00 bits per heavy atom. The van der Waals surface area contributed by atoms with Crippen molar-refractivity contribution in [1.29, 1.82) is 5.26 Å². The van der Waals surface area contributed by atoms with Crippen molar-refractivity contribution in [3.63, 3.8) is 0 Å². The van der Waals surface area contributed by atoms with Crippen LogP contribution in [0.25, 0.3) is 0 Å². The van der Waals surface area contributed by atoms with Crippen LogP contribution in [0, 0.1) is 18.3 Å². The van der Waals surface area contributed by atoms with E-state index in [4.69, 9.17) is 10.5 Å². The molecule has 2 rings (SSSR count). The Labute approximate surface area is 112 Å². The molecule has 0 amide bonds. The first-order valence-corrected chi connectivity index (χ1v) is 5.86. The van der Waals surface area contributed by atoms with Crippen molar-refractivity contribution >= 4 is 17.1 Å². The Kier molecular flexibility index (Phi) is 3.58. The number of hydrogen-bond donors (Lipinski definition) is 2. The fourth-order valence-corrected chi connectivity index (χ4v) is 1.85. The molecule has 0 bridgehead atoms. The topological polar surface area (TPSA) is 71.1 Å². The quantitative estimate of drug-likeness (QED) is 0.824. The van der Waals surface area contributed by atoms with Crippen LogP contribution in [0.2, 0.25) is 0 Å². The maximum absolute atomic E-state index is 9.19. The number of methoxy groups -OCH3 is 1. The number of anilines is 3. The molecule has 0 atom stereocenters. The van der Waals surface area contributed by atoms with E-state index in [0.717, 1.165) is 16.9 Å². The molecule has 4 heteroatoms. The van der Waals surface area contributed by atoms with Gasteiger partial charge in [0.2, 0.25) is 0 Å². The highest BCUT2D eigenvalue weighted by molar-refractivity contribution is 5.76. The number of rotatable bonds is 3. The van der Waals surface area contributed by atoms with Gasteiger partial charge in [-0.1, -0.05) is 12.1 Å². The van der Waals surface area contributed by atoms with E-state index in [0.29, 0.717) is 17.0 Å². The van der Waals surface area contributed by atoms with Gasteiger partial charge < -0.3 is 15.8 Å². The zero-order valence-corrected chi connectivity index (χ0v) is 10.9. The zero-order valence-electron chi connectivity index (χ0n) is 10.9. The number of nitrogens with one attached hydrogen (secondary N) is 1. The number of benzene rings is 2. The lowest BCUT2D eigenvalue weighted by Crippen LogP contribution is -1.99. The molecule has 2 aromatic carbocycles. The van der Waals surface area contributed by atoms with Gasteiger partial charge in [0.25, 0.3) is 0 Å². The number of nitrogens with zero attached hydrogens (tertiary/aromatic N) is 1. The summed E-state index contributed by atoms with van der Waals surface area (Å²) in [5.41, 5.74) is 9.58. The van der Waals surface area contributed by atoms with E-state index < -0.39 is 0 Å². The molecule has 0 heterocycles. The number of nitrogen functional groups attached to an aromatic ring is 1. The molecule has 0 aliphatic rings. The van der Waals surface area contributed by atoms with Gasteiger partial charge in [0.15, 0.2) is 0 Å². The Morgan fingerprint density at radius 3 is 2.63 bits per heavy atom. The first-order valence-electron chi connectivity index (χ1n) is 5.86. The van der Waals surface area contributed by atoms with E-state index in [9.17, 15) is 5.26 Å². The second-order valence-corrected chi connectivity index (χ2v) is 4.19. The van der Waals surface area contributed by atoms with Gasteiger partial charge in [-0.25, -0.2) is 0 Å². The fraction of sp³-hybridized carbons (Fsp3) is 0.133. The van der Waals surface area contributed by atoms with Gasteiger partial charge in [0.1, 0.15) is 11.8 Å². The molecule has 0 unspecified atom stereocenters. The van der Waals surface area contributed by atoms with Crippen LogP contribution >= 0.6 is 0 Å². The van der Waals surface area contributed by atoms with Gasteiger partial charge in [0.05, 0.1) is 29.7 Å². The molecule has 0 aromatic heterocycles. The van der Waals surface area contributed by atoms with Crippen molar-refractivity contribution < 1.29 is 4.74 Å². The van der Waals surface area contributed by atoms with Gasteiger partial charge >= 0.3 is 0 Å². The molecule has 4 nitrogen and oxygen atoms in total. The molecular weight excluding hydrogens is 238 g/mol. The Hall–Kier alpha value is -2.67. The Bertz CT molecular complexity index is 644. The molecule has 0 aliphatic carbocycles. The Morgan fingerprint density at radius 1 is 1.21 bits per heavy atom. The van der Waals surface area contributed by atoms with Crippen molar-refractivity contribution in [3.05, 3.63) is 47.5 Å². The molecule has 19 heavy (non-hydrogen) atoms. The van der Waals surface area contributed by atoms with Crippen molar-refractivity contribution in [3.8, 4) is 11.8 Å². The van der Waals surface area contributed by atoms with Crippen molar-refractivity contribution in [2.24, 2.45) is 0 Å².